The van der Waals surface area contributed by atoms with E-state index in [4.69, 9.17) is 0 Å². The number of benzene rings is 2. The summed E-state index contributed by atoms with van der Waals surface area (Å²) >= 11 is 0. The maximum atomic E-state index is 13.5. The van der Waals surface area contributed by atoms with E-state index in [2.05, 4.69) is 24.5 Å². The fourth-order valence-corrected chi connectivity index (χ4v) is 5.43. The van der Waals surface area contributed by atoms with Gasteiger partial charge in [-0.3, -0.25) is 4.90 Å². The van der Waals surface area contributed by atoms with Crippen LogP contribution in [0.3, 0.4) is 0 Å². The van der Waals surface area contributed by atoms with Crippen molar-refractivity contribution in [3.63, 3.8) is 0 Å². The monoisotopic (exact) mass is 500 g/mol. The van der Waals surface area contributed by atoms with Gasteiger partial charge in [-0.15, -0.1) is 0 Å². The average molecular weight is 501 g/mol. The first-order valence-corrected chi connectivity index (χ1v) is 12.8. The number of nitrogens with one attached hydrogen (secondary N) is 1. The summed E-state index contributed by atoms with van der Waals surface area (Å²) in [6.07, 6.45) is 2.17. The molecule has 1 saturated heterocycles. The number of fused-ring (bicyclic) bond motifs is 3. The highest BCUT2D eigenvalue weighted by Gasteiger charge is 2.24. The van der Waals surface area contributed by atoms with Crippen molar-refractivity contribution in [3.05, 3.63) is 59.9 Å². The normalized spacial score (nSPS) is 15.4. The van der Waals surface area contributed by atoms with Crippen LogP contribution < -0.4 is 9.62 Å². The van der Waals surface area contributed by atoms with Crippen molar-refractivity contribution in [2.45, 2.75) is 11.3 Å². The van der Waals surface area contributed by atoms with Crippen molar-refractivity contribution in [3.8, 4) is 0 Å². The van der Waals surface area contributed by atoms with Crippen LogP contribution in [0.4, 0.5) is 14.6 Å². The molecule has 0 spiro atoms. The first kappa shape index (κ1) is 23.6. The second kappa shape index (κ2) is 9.14. The van der Waals surface area contributed by atoms with Crippen molar-refractivity contribution in [2.24, 2.45) is 7.05 Å². The quantitative estimate of drug-likeness (QED) is 0.438. The Morgan fingerprint density at radius 2 is 1.77 bits per heavy atom. The molecule has 1 N–H and O–H groups in total. The summed E-state index contributed by atoms with van der Waals surface area (Å²) in [5, 5.41) is 0.757. The largest absolute Gasteiger partial charge is 0.352 e. The first-order valence-electron chi connectivity index (χ1n) is 11.4. The van der Waals surface area contributed by atoms with Crippen molar-refractivity contribution >= 4 is 37.8 Å². The van der Waals surface area contributed by atoms with Crippen LogP contribution in [0.5, 0.6) is 0 Å². The number of anilines is 1. The molecular weight excluding hydrogens is 474 g/mol. The SMILES string of the molecule is CNS(=O)(=O)c1ccc2c(c1)c1ncnc(N3CCN(CCc4ccc(F)c(F)c4)CC3)c1n2C. The number of aryl methyl sites for hydroxylation is 1. The Morgan fingerprint density at radius 3 is 2.49 bits per heavy atom. The Labute approximate surface area is 202 Å². The Hall–Kier alpha value is -3.15. The molecular formula is C24H26F2N6O2S. The number of nitrogens with zero attached hydrogens (tertiary/aromatic N) is 5. The standard InChI is InChI=1S/C24H26F2N6O2S/c1-27-35(33,34)17-4-6-21-18(14-17)22-23(30(21)2)24(29-15-28-22)32-11-9-31(10-12-32)8-7-16-3-5-19(25)20(26)13-16/h3-6,13-15,27H,7-12H2,1-2H3. The molecule has 3 heterocycles. The van der Waals surface area contributed by atoms with Crippen LogP contribution in [0.25, 0.3) is 21.9 Å². The molecule has 2 aromatic heterocycles. The van der Waals surface area contributed by atoms with Gasteiger partial charge in [0.25, 0.3) is 0 Å². The highest BCUT2D eigenvalue weighted by Crippen LogP contribution is 2.33. The fraction of sp³-hybridized carbons (Fsp3) is 0.333. The molecule has 1 fully saturated rings. The lowest BCUT2D eigenvalue weighted by molar-refractivity contribution is 0.260. The van der Waals surface area contributed by atoms with Gasteiger partial charge >= 0.3 is 0 Å². The lowest BCUT2D eigenvalue weighted by Gasteiger charge is -2.35. The number of hydrogen-bond acceptors (Lipinski definition) is 6. The van der Waals surface area contributed by atoms with E-state index < -0.39 is 21.7 Å². The van der Waals surface area contributed by atoms with E-state index in [0.29, 0.717) is 11.9 Å². The second-order valence-electron chi connectivity index (χ2n) is 8.67. The Kier molecular flexibility index (Phi) is 6.16. The second-order valence-corrected chi connectivity index (χ2v) is 10.6. The van der Waals surface area contributed by atoms with E-state index in [1.807, 2.05) is 11.6 Å². The third-order valence-electron chi connectivity index (χ3n) is 6.67. The number of sulfonamides is 1. The van der Waals surface area contributed by atoms with E-state index in [9.17, 15) is 17.2 Å². The van der Waals surface area contributed by atoms with Gasteiger partial charge in [0.05, 0.1) is 10.4 Å². The molecule has 0 bridgehead atoms. The van der Waals surface area contributed by atoms with Crippen LogP contribution in [0.1, 0.15) is 5.56 Å². The van der Waals surface area contributed by atoms with Gasteiger partial charge in [0.1, 0.15) is 17.4 Å². The minimum Gasteiger partial charge on any atom is -0.352 e. The van der Waals surface area contributed by atoms with Crippen LogP contribution >= 0.6 is 0 Å². The average Bonchev–Trinajstić information content (AvgIpc) is 3.16. The van der Waals surface area contributed by atoms with Gasteiger partial charge < -0.3 is 9.47 Å². The van der Waals surface area contributed by atoms with Crippen molar-refractivity contribution < 1.29 is 17.2 Å². The zero-order valence-corrected chi connectivity index (χ0v) is 20.3. The molecule has 0 unspecified atom stereocenters. The molecule has 4 aromatic rings. The van der Waals surface area contributed by atoms with E-state index in [-0.39, 0.29) is 4.90 Å². The number of hydrogen-bond donors (Lipinski definition) is 1. The van der Waals surface area contributed by atoms with Gasteiger partial charge in [0.15, 0.2) is 17.5 Å². The molecule has 0 atom stereocenters. The molecule has 1 aliphatic heterocycles. The number of aromatic nitrogens is 3. The summed E-state index contributed by atoms with van der Waals surface area (Å²) in [6.45, 7) is 3.89. The van der Waals surface area contributed by atoms with Gasteiger partial charge in [-0.05, 0) is 49.4 Å². The number of rotatable bonds is 6. The molecule has 1 aliphatic rings. The fourth-order valence-electron chi connectivity index (χ4n) is 4.68. The molecule has 0 aliphatic carbocycles. The summed E-state index contributed by atoms with van der Waals surface area (Å²) in [5.41, 5.74) is 3.22. The summed E-state index contributed by atoms with van der Waals surface area (Å²) in [5.74, 6) is -0.829. The minimum absolute atomic E-state index is 0.190. The minimum atomic E-state index is -3.57. The van der Waals surface area contributed by atoms with E-state index in [1.54, 1.807) is 24.3 Å². The Morgan fingerprint density at radius 1 is 1.00 bits per heavy atom. The van der Waals surface area contributed by atoms with Gasteiger partial charge in [-0.1, -0.05) is 6.07 Å². The molecule has 0 saturated carbocycles. The van der Waals surface area contributed by atoms with Crippen LogP contribution in [-0.4, -0.2) is 67.6 Å². The van der Waals surface area contributed by atoms with E-state index in [1.165, 1.54) is 25.5 Å². The van der Waals surface area contributed by atoms with E-state index >= 15 is 0 Å². The molecule has 35 heavy (non-hydrogen) atoms. The zero-order valence-electron chi connectivity index (χ0n) is 19.5. The van der Waals surface area contributed by atoms with Crippen LogP contribution in [0.15, 0.2) is 47.6 Å². The predicted octanol–water partition coefficient (Wildman–Crippen LogP) is 2.67. The summed E-state index contributed by atoms with van der Waals surface area (Å²) in [6, 6.07) is 9.09. The smallest absolute Gasteiger partial charge is 0.240 e. The Balaban J connectivity index is 1.37. The van der Waals surface area contributed by atoms with Crippen LogP contribution in [0, 0.1) is 11.6 Å². The number of piperazine rings is 1. The van der Waals surface area contributed by atoms with Gasteiger partial charge in [0, 0.05) is 45.2 Å². The molecule has 184 valence electrons. The summed E-state index contributed by atoms with van der Waals surface area (Å²) in [7, 11) is -0.252. The van der Waals surface area contributed by atoms with E-state index in [0.717, 1.165) is 60.5 Å². The van der Waals surface area contributed by atoms with Crippen molar-refractivity contribution in [1.29, 1.82) is 0 Å². The third-order valence-corrected chi connectivity index (χ3v) is 8.09. The molecule has 0 amide bonds. The molecule has 8 nitrogen and oxygen atoms in total. The van der Waals surface area contributed by atoms with Crippen LogP contribution in [0.2, 0.25) is 0 Å². The maximum Gasteiger partial charge on any atom is 0.240 e. The highest BCUT2D eigenvalue weighted by atomic mass is 32.2. The predicted molar refractivity (Wildman–Crippen MR) is 131 cm³/mol. The first-order chi connectivity index (χ1) is 16.8. The van der Waals surface area contributed by atoms with Crippen molar-refractivity contribution in [2.75, 3.05) is 44.7 Å². The molecule has 0 radical (unpaired) electrons. The molecule has 5 rings (SSSR count). The van der Waals surface area contributed by atoms with Crippen LogP contribution in [-0.2, 0) is 23.5 Å². The van der Waals surface area contributed by atoms with Crippen molar-refractivity contribution in [1.82, 2.24) is 24.2 Å². The lowest BCUT2D eigenvalue weighted by Crippen LogP contribution is -2.47. The summed E-state index contributed by atoms with van der Waals surface area (Å²) < 4.78 is 55.6. The Bertz CT molecular complexity index is 1510. The summed E-state index contributed by atoms with van der Waals surface area (Å²) in [4.78, 5) is 13.8. The zero-order chi connectivity index (χ0) is 24.7. The highest BCUT2D eigenvalue weighted by molar-refractivity contribution is 7.89. The van der Waals surface area contributed by atoms with Gasteiger partial charge in [0.2, 0.25) is 10.0 Å². The van der Waals surface area contributed by atoms with Gasteiger partial charge in [-0.25, -0.2) is 31.9 Å². The third kappa shape index (κ3) is 4.35. The molecule has 2 aromatic carbocycles. The topological polar surface area (TPSA) is 83.4 Å². The number of halogens is 2. The maximum absolute atomic E-state index is 13.5. The van der Waals surface area contributed by atoms with Gasteiger partial charge in [-0.2, -0.15) is 0 Å². The lowest BCUT2D eigenvalue weighted by atomic mass is 10.1. The molecule has 11 heteroatoms.